The van der Waals surface area contributed by atoms with E-state index in [-0.39, 0.29) is 42.7 Å². The maximum atomic E-state index is 13.2. The first kappa shape index (κ1) is 26.8. The summed E-state index contributed by atoms with van der Waals surface area (Å²) in [4.78, 5) is 19.5. The van der Waals surface area contributed by atoms with Gasteiger partial charge in [0.15, 0.2) is 0 Å². The molecule has 1 aliphatic rings. The van der Waals surface area contributed by atoms with E-state index in [9.17, 15) is 4.79 Å². The van der Waals surface area contributed by atoms with E-state index in [1.54, 1.807) is 6.20 Å². The quantitative estimate of drug-likeness (QED) is 0.473. The van der Waals surface area contributed by atoms with Gasteiger partial charge in [-0.2, -0.15) is 0 Å². The summed E-state index contributed by atoms with van der Waals surface area (Å²) < 4.78 is 0. The number of aromatic nitrogens is 1. The average Bonchev–Trinajstić information content (AvgIpc) is 2.84. The molecule has 2 atom stereocenters. The highest BCUT2D eigenvalue weighted by molar-refractivity contribution is 5.94. The number of carbonyl (C=O) groups excluding carboxylic acids is 1. The first-order chi connectivity index (χ1) is 15.0. The number of hydrogen-bond acceptors (Lipinski definition) is 3. The van der Waals surface area contributed by atoms with Gasteiger partial charge in [-0.05, 0) is 54.0 Å². The summed E-state index contributed by atoms with van der Waals surface area (Å²) in [6.07, 6.45) is 5.51. The van der Waals surface area contributed by atoms with Crippen molar-refractivity contribution in [1.29, 1.82) is 0 Å². The summed E-state index contributed by atoms with van der Waals surface area (Å²) in [6.45, 7) is 5.71. The molecule has 1 amide bonds. The molecule has 2 N–H and O–H groups in total. The number of amides is 1. The van der Waals surface area contributed by atoms with Crippen molar-refractivity contribution in [2.75, 3.05) is 13.1 Å². The highest BCUT2D eigenvalue weighted by Gasteiger charge is 2.25. The summed E-state index contributed by atoms with van der Waals surface area (Å²) in [6, 6.07) is 21.0. The second kappa shape index (κ2) is 12.2. The second-order valence-corrected chi connectivity index (χ2v) is 8.66. The fourth-order valence-corrected chi connectivity index (χ4v) is 4.44. The van der Waals surface area contributed by atoms with Crippen LogP contribution in [0.4, 0.5) is 0 Å². The van der Waals surface area contributed by atoms with Gasteiger partial charge < -0.3 is 10.6 Å². The smallest absolute Gasteiger partial charge is 0.255 e. The van der Waals surface area contributed by atoms with Crippen LogP contribution in [0.5, 0.6) is 0 Å². The van der Waals surface area contributed by atoms with Gasteiger partial charge in [0, 0.05) is 37.4 Å². The molecule has 0 radical (unpaired) electrons. The second-order valence-electron chi connectivity index (χ2n) is 8.66. The van der Waals surface area contributed by atoms with E-state index in [1.807, 2.05) is 42.3 Å². The molecule has 1 saturated heterocycles. The molecular formula is C27H33Cl2N3O. The van der Waals surface area contributed by atoms with Crippen LogP contribution in [0.25, 0.3) is 0 Å². The van der Waals surface area contributed by atoms with Gasteiger partial charge in [-0.15, -0.1) is 24.8 Å². The van der Waals surface area contributed by atoms with Crippen LogP contribution < -0.4 is 5.73 Å². The molecule has 176 valence electrons. The number of nitrogens with zero attached hydrogens (tertiary/aromatic N) is 2. The lowest BCUT2D eigenvalue weighted by atomic mass is 9.87. The van der Waals surface area contributed by atoms with Gasteiger partial charge in [0.05, 0.1) is 5.56 Å². The molecular weight excluding hydrogens is 453 g/mol. The number of nitrogens with two attached hydrogens (primary N) is 1. The van der Waals surface area contributed by atoms with Crippen molar-refractivity contribution >= 4 is 30.7 Å². The monoisotopic (exact) mass is 485 g/mol. The zero-order valence-electron chi connectivity index (χ0n) is 19.2. The van der Waals surface area contributed by atoms with Gasteiger partial charge in [0.1, 0.15) is 0 Å². The number of pyridine rings is 1. The average molecular weight is 486 g/mol. The maximum absolute atomic E-state index is 13.2. The highest BCUT2D eigenvalue weighted by atomic mass is 35.5. The van der Waals surface area contributed by atoms with E-state index in [0.29, 0.717) is 11.5 Å². The molecule has 4 rings (SSSR count). The van der Waals surface area contributed by atoms with Crippen molar-refractivity contribution in [2.24, 2.45) is 5.73 Å². The summed E-state index contributed by atoms with van der Waals surface area (Å²) >= 11 is 0. The summed E-state index contributed by atoms with van der Waals surface area (Å²) in [7, 11) is 0. The number of hydrogen-bond donors (Lipinski definition) is 1. The van der Waals surface area contributed by atoms with Crippen LogP contribution in [0.1, 0.15) is 77.2 Å². The van der Waals surface area contributed by atoms with E-state index in [4.69, 9.17) is 5.73 Å². The van der Waals surface area contributed by atoms with Gasteiger partial charge in [0.2, 0.25) is 0 Å². The van der Waals surface area contributed by atoms with E-state index < -0.39 is 0 Å². The molecule has 1 fully saturated rings. The lowest BCUT2D eigenvalue weighted by Gasteiger charge is -2.32. The lowest BCUT2D eigenvalue weighted by Crippen LogP contribution is -2.38. The molecule has 33 heavy (non-hydrogen) atoms. The number of likely N-dealkylation sites (tertiary alicyclic amines) is 1. The van der Waals surface area contributed by atoms with Crippen LogP contribution in [0, 0.1) is 0 Å². The Kier molecular flexibility index (Phi) is 9.90. The molecule has 1 aliphatic heterocycles. The Hall–Kier alpha value is -2.40. The Bertz CT molecular complexity index is 1030. The number of rotatable bonds is 5. The van der Waals surface area contributed by atoms with Crippen LogP contribution in [0.2, 0.25) is 0 Å². The molecule has 2 heterocycles. The minimum Gasteiger partial charge on any atom is -0.339 e. The standard InChI is InChI=1S/C27H31N3O.2ClH/c1-19(21-7-4-3-5-8-21)25-16-26(18-29-17-25)27(31)30-13-11-22(12-14-30)24-10-6-9-23(15-24)20(2)28;;/h3-10,15-20,22H,11-14,28H2,1-2H3;2*1H. The van der Waals surface area contributed by atoms with Crippen molar-refractivity contribution in [3.05, 3.63) is 101 Å². The van der Waals surface area contributed by atoms with Gasteiger partial charge in [-0.1, -0.05) is 61.5 Å². The first-order valence-corrected chi connectivity index (χ1v) is 11.2. The molecule has 6 heteroatoms. The van der Waals surface area contributed by atoms with Crippen molar-refractivity contribution in [2.45, 2.75) is 44.6 Å². The van der Waals surface area contributed by atoms with Crippen molar-refractivity contribution in [3.8, 4) is 0 Å². The predicted molar refractivity (Wildman–Crippen MR) is 140 cm³/mol. The Morgan fingerprint density at radius 1 is 0.909 bits per heavy atom. The van der Waals surface area contributed by atoms with Crippen LogP contribution in [0.15, 0.2) is 73.1 Å². The summed E-state index contributed by atoms with van der Waals surface area (Å²) in [5.41, 5.74) is 11.5. The molecule has 0 saturated carbocycles. The van der Waals surface area contributed by atoms with Gasteiger partial charge in [-0.25, -0.2) is 0 Å². The number of benzene rings is 2. The third kappa shape index (κ3) is 6.35. The molecule has 2 unspecified atom stereocenters. The van der Waals surface area contributed by atoms with E-state index in [0.717, 1.165) is 31.5 Å². The minimum absolute atomic E-state index is 0. The van der Waals surface area contributed by atoms with Crippen LogP contribution in [-0.2, 0) is 0 Å². The number of piperidine rings is 1. The maximum Gasteiger partial charge on any atom is 0.255 e. The third-order valence-corrected chi connectivity index (χ3v) is 6.50. The van der Waals surface area contributed by atoms with Crippen molar-refractivity contribution < 1.29 is 4.79 Å². The van der Waals surface area contributed by atoms with E-state index >= 15 is 0 Å². The van der Waals surface area contributed by atoms with E-state index in [2.05, 4.69) is 48.3 Å². The number of halogens is 2. The Morgan fingerprint density at radius 3 is 2.24 bits per heavy atom. The zero-order chi connectivity index (χ0) is 21.8. The summed E-state index contributed by atoms with van der Waals surface area (Å²) in [5, 5.41) is 0. The molecule has 1 aromatic heterocycles. The van der Waals surface area contributed by atoms with Crippen LogP contribution in [0.3, 0.4) is 0 Å². The fourth-order valence-electron chi connectivity index (χ4n) is 4.44. The molecule has 0 bridgehead atoms. The van der Waals surface area contributed by atoms with Crippen LogP contribution in [-0.4, -0.2) is 28.9 Å². The Labute approximate surface area is 209 Å². The lowest BCUT2D eigenvalue weighted by molar-refractivity contribution is 0.0712. The molecule has 4 nitrogen and oxygen atoms in total. The van der Waals surface area contributed by atoms with Gasteiger partial charge >= 0.3 is 0 Å². The van der Waals surface area contributed by atoms with Crippen molar-refractivity contribution in [1.82, 2.24) is 9.88 Å². The normalized spacial score (nSPS) is 15.7. The minimum atomic E-state index is 0. The first-order valence-electron chi connectivity index (χ1n) is 11.2. The van der Waals surface area contributed by atoms with E-state index in [1.165, 1.54) is 16.7 Å². The largest absolute Gasteiger partial charge is 0.339 e. The van der Waals surface area contributed by atoms with Crippen LogP contribution >= 0.6 is 24.8 Å². The SMILES string of the molecule is CC(N)c1cccc(C2CCN(C(=O)c3cncc(C(C)c4ccccc4)c3)CC2)c1.Cl.Cl. The van der Waals surface area contributed by atoms with Gasteiger partial charge in [-0.3, -0.25) is 9.78 Å². The van der Waals surface area contributed by atoms with Gasteiger partial charge in [0.25, 0.3) is 5.91 Å². The predicted octanol–water partition coefficient (Wildman–Crippen LogP) is 6.12. The number of carbonyl (C=O) groups is 1. The molecule has 3 aromatic rings. The molecule has 0 spiro atoms. The Balaban J connectivity index is 0.00000193. The fraction of sp³-hybridized carbons (Fsp3) is 0.333. The molecule has 2 aromatic carbocycles. The zero-order valence-corrected chi connectivity index (χ0v) is 20.8. The highest BCUT2D eigenvalue weighted by Crippen LogP contribution is 2.30. The van der Waals surface area contributed by atoms with Crippen molar-refractivity contribution in [3.63, 3.8) is 0 Å². The topological polar surface area (TPSA) is 59.2 Å². The Morgan fingerprint density at radius 2 is 1.58 bits per heavy atom. The molecule has 0 aliphatic carbocycles. The summed E-state index contributed by atoms with van der Waals surface area (Å²) in [5.74, 6) is 0.757. The third-order valence-electron chi connectivity index (χ3n) is 6.50.